The zero-order chi connectivity index (χ0) is 11.0. The summed E-state index contributed by atoms with van der Waals surface area (Å²) in [5.74, 6) is 1.79. The van der Waals surface area contributed by atoms with Crippen molar-refractivity contribution >= 4 is 0 Å². The fraction of sp³-hybridized carbons (Fsp3) is 0.600. The van der Waals surface area contributed by atoms with Crippen molar-refractivity contribution in [3.63, 3.8) is 0 Å². The molecular weight excluding hydrogens is 196 g/mol. The normalized spacial score (nSPS) is 25.5. The van der Waals surface area contributed by atoms with Gasteiger partial charge in [-0.05, 0) is 56.1 Å². The molecule has 0 aliphatic heterocycles. The minimum absolute atomic E-state index is 0.529. The highest BCUT2D eigenvalue weighted by molar-refractivity contribution is 5.36. The summed E-state index contributed by atoms with van der Waals surface area (Å²) in [6, 6.07) is 0. The van der Waals surface area contributed by atoms with Crippen molar-refractivity contribution in [3.8, 4) is 0 Å². The van der Waals surface area contributed by atoms with Gasteiger partial charge in [0, 0.05) is 5.92 Å². The van der Waals surface area contributed by atoms with Gasteiger partial charge in [-0.1, -0.05) is 18.6 Å². The molecule has 3 rings (SSSR count). The first-order chi connectivity index (χ1) is 7.86. The lowest BCUT2D eigenvalue weighted by molar-refractivity contribution is 0.476. The lowest BCUT2D eigenvalue weighted by Crippen LogP contribution is -1.98. The highest BCUT2D eigenvalue weighted by Crippen LogP contribution is 2.41. The van der Waals surface area contributed by atoms with Crippen LogP contribution in [0.15, 0.2) is 22.8 Å². The Balaban J connectivity index is 1.95. The number of hydrogen-bond acceptors (Lipinski definition) is 1. The van der Waals surface area contributed by atoms with Crippen LogP contribution in [0.2, 0.25) is 0 Å². The zero-order valence-corrected chi connectivity index (χ0v) is 9.93. The van der Waals surface area contributed by atoms with Crippen LogP contribution in [0.25, 0.3) is 0 Å². The first-order valence-electron chi connectivity index (χ1n) is 6.63. The molecule has 1 heterocycles. The molecule has 1 unspecified atom stereocenters. The topological polar surface area (TPSA) is 13.1 Å². The molecule has 0 amide bonds. The van der Waals surface area contributed by atoms with Crippen LogP contribution in [0.4, 0.5) is 0 Å². The maximum atomic E-state index is 5.87. The molecule has 16 heavy (non-hydrogen) atoms. The molecule has 0 N–H and O–H groups in total. The Morgan fingerprint density at radius 3 is 2.75 bits per heavy atom. The Hall–Kier alpha value is -0.980. The van der Waals surface area contributed by atoms with Gasteiger partial charge in [-0.15, -0.1) is 0 Å². The minimum atomic E-state index is 0.529. The van der Waals surface area contributed by atoms with Crippen LogP contribution in [0, 0.1) is 0 Å². The predicted molar refractivity (Wildman–Crippen MR) is 65.7 cm³/mol. The van der Waals surface area contributed by atoms with Crippen LogP contribution < -0.4 is 0 Å². The number of allylic oxidation sites excluding steroid dienone is 1. The van der Waals surface area contributed by atoms with Crippen LogP contribution in [-0.2, 0) is 12.8 Å². The van der Waals surface area contributed by atoms with Crippen molar-refractivity contribution in [1.82, 2.24) is 0 Å². The second-order valence-electron chi connectivity index (χ2n) is 5.27. The van der Waals surface area contributed by atoms with E-state index >= 15 is 0 Å². The standard InChI is InChI=1S/C15H20O/c1-11-6-5-9-13(11)15-14-8-4-2-3-7-12(14)10-16-15/h10,13H,1-9H2. The molecule has 1 aromatic heterocycles. The molecule has 0 saturated heterocycles. The molecule has 0 bridgehead atoms. The number of rotatable bonds is 1. The Morgan fingerprint density at radius 1 is 1.06 bits per heavy atom. The highest BCUT2D eigenvalue weighted by Gasteiger charge is 2.28. The molecule has 1 saturated carbocycles. The summed E-state index contributed by atoms with van der Waals surface area (Å²) in [4.78, 5) is 0. The third kappa shape index (κ3) is 1.63. The fourth-order valence-corrected chi connectivity index (χ4v) is 3.24. The first kappa shape index (κ1) is 10.2. The Kier molecular flexibility index (Phi) is 2.62. The number of fused-ring (bicyclic) bond motifs is 1. The van der Waals surface area contributed by atoms with Gasteiger partial charge in [0.15, 0.2) is 0 Å². The molecule has 2 aliphatic carbocycles. The van der Waals surface area contributed by atoms with Gasteiger partial charge in [0.05, 0.1) is 6.26 Å². The van der Waals surface area contributed by atoms with Crippen LogP contribution in [0.3, 0.4) is 0 Å². The van der Waals surface area contributed by atoms with Crippen LogP contribution in [-0.4, -0.2) is 0 Å². The molecule has 86 valence electrons. The van der Waals surface area contributed by atoms with Gasteiger partial charge in [-0.2, -0.15) is 0 Å². The third-order valence-electron chi connectivity index (χ3n) is 4.19. The van der Waals surface area contributed by atoms with Gasteiger partial charge in [0.2, 0.25) is 0 Å². The average molecular weight is 216 g/mol. The van der Waals surface area contributed by atoms with Crippen LogP contribution in [0.1, 0.15) is 61.3 Å². The van der Waals surface area contributed by atoms with E-state index in [0.717, 1.165) is 0 Å². The Morgan fingerprint density at radius 2 is 1.94 bits per heavy atom. The average Bonchev–Trinajstić information content (AvgIpc) is 2.78. The number of hydrogen-bond donors (Lipinski definition) is 0. The molecule has 1 heteroatoms. The lowest BCUT2D eigenvalue weighted by Gasteiger charge is -2.10. The predicted octanol–water partition coefficient (Wildman–Crippen LogP) is 4.37. The maximum absolute atomic E-state index is 5.87. The minimum Gasteiger partial charge on any atom is -0.468 e. The second kappa shape index (κ2) is 4.12. The van der Waals surface area contributed by atoms with Crippen LogP contribution >= 0.6 is 0 Å². The molecule has 0 spiro atoms. The summed E-state index contributed by atoms with van der Waals surface area (Å²) in [6.45, 7) is 4.20. The summed E-state index contributed by atoms with van der Waals surface area (Å²) in [5.41, 5.74) is 4.40. The Bertz CT molecular complexity index is 400. The SMILES string of the molecule is C=C1CCCC1c1occ2c1CCCCC2. The summed E-state index contributed by atoms with van der Waals surface area (Å²) in [7, 11) is 0. The number of furan rings is 1. The largest absolute Gasteiger partial charge is 0.468 e. The van der Waals surface area contributed by atoms with Gasteiger partial charge in [0.25, 0.3) is 0 Å². The summed E-state index contributed by atoms with van der Waals surface area (Å²) < 4.78 is 5.87. The zero-order valence-electron chi connectivity index (χ0n) is 9.93. The van der Waals surface area contributed by atoms with Crippen molar-refractivity contribution in [2.75, 3.05) is 0 Å². The number of aryl methyl sites for hydroxylation is 1. The third-order valence-corrected chi connectivity index (χ3v) is 4.19. The molecule has 0 aromatic carbocycles. The van der Waals surface area contributed by atoms with Crippen molar-refractivity contribution < 1.29 is 4.42 Å². The van der Waals surface area contributed by atoms with Crippen molar-refractivity contribution in [1.29, 1.82) is 0 Å². The van der Waals surface area contributed by atoms with Gasteiger partial charge in [-0.3, -0.25) is 0 Å². The smallest absolute Gasteiger partial charge is 0.114 e. The van der Waals surface area contributed by atoms with Crippen molar-refractivity contribution in [2.24, 2.45) is 0 Å². The van der Waals surface area contributed by atoms with E-state index in [1.165, 1.54) is 73.8 Å². The van der Waals surface area contributed by atoms with Crippen LogP contribution in [0.5, 0.6) is 0 Å². The van der Waals surface area contributed by atoms with E-state index in [9.17, 15) is 0 Å². The van der Waals surface area contributed by atoms with E-state index in [4.69, 9.17) is 4.42 Å². The molecule has 1 aromatic rings. The van der Waals surface area contributed by atoms with E-state index in [2.05, 4.69) is 6.58 Å². The van der Waals surface area contributed by atoms with Crippen molar-refractivity contribution in [3.05, 3.63) is 35.3 Å². The van der Waals surface area contributed by atoms with Gasteiger partial charge >= 0.3 is 0 Å². The molecule has 1 fully saturated rings. The van der Waals surface area contributed by atoms with E-state index in [1.807, 2.05) is 6.26 Å². The van der Waals surface area contributed by atoms with Gasteiger partial charge in [0.1, 0.15) is 5.76 Å². The highest BCUT2D eigenvalue weighted by atomic mass is 16.3. The van der Waals surface area contributed by atoms with Crippen molar-refractivity contribution in [2.45, 2.75) is 57.3 Å². The second-order valence-corrected chi connectivity index (χ2v) is 5.27. The maximum Gasteiger partial charge on any atom is 0.114 e. The molecular formula is C15H20O. The molecule has 1 nitrogen and oxygen atoms in total. The Labute approximate surface area is 97.5 Å². The molecule has 1 atom stereocenters. The summed E-state index contributed by atoms with van der Waals surface area (Å²) in [5, 5.41) is 0. The van der Waals surface area contributed by atoms with Gasteiger partial charge < -0.3 is 4.42 Å². The first-order valence-corrected chi connectivity index (χ1v) is 6.63. The quantitative estimate of drug-likeness (QED) is 0.502. The van der Waals surface area contributed by atoms with Gasteiger partial charge in [-0.25, -0.2) is 0 Å². The van der Waals surface area contributed by atoms with E-state index < -0.39 is 0 Å². The van der Waals surface area contributed by atoms with E-state index in [-0.39, 0.29) is 0 Å². The monoisotopic (exact) mass is 216 g/mol. The summed E-state index contributed by atoms with van der Waals surface area (Å²) >= 11 is 0. The fourth-order valence-electron chi connectivity index (χ4n) is 3.24. The van der Waals surface area contributed by atoms with E-state index in [1.54, 1.807) is 0 Å². The summed E-state index contributed by atoms with van der Waals surface area (Å²) in [6.07, 6.45) is 12.2. The molecule has 0 radical (unpaired) electrons. The lowest BCUT2D eigenvalue weighted by atomic mass is 9.94. The molecule has 2 aliphatic rings. The van der Waals surface area contributed by atoms with E-state index in [0.29, 0.717) is 5.92 Å².